The van der Waals surface area contributed by atoms with E-state index in [1.54, 1.807) is 0 Å². The van der Waals surface area contributed by atoms with E-state index in [1.807, 2.05) is 12.4 Å². The fraction of sp³-hybridized carbons (Fsp3) is 0.615. The van der Waals surface area contributed by atoms with E-state index >= 15 is 0 Å². The van der Waals surface area contributed by atoms with E-state index in [0.717, 1.165) is 18.3 Å². The molecule has 0 aromatic carbocycles. The van der Waals surface area contributed by atoms with Crippen molar-refractivity contribution in [1.82, 2.24) is 4.98 Å². The van der Waals surface area contributed by atoms with E-state index in [2.05, 4.69) is 40.0 Å². The molecule has 82 valence electrons. The number of hydrogen-bond acceptors (Lipinski definition) is 1. The molecule has 1 aromatic heterocycles. The molecule has 1 nitrogen and oxygen atoms in total. The molecule has 2 rings (SSSR count). The van der Waals surface area contributed by atoms with Gasteiger partial charge in [0.2, 0.25) is 0 Å². The SMILES string of the molecule is CC1CCCC1C(Br)Cc1ccncc1. The second-order valence-electron chi connectivity index (χ2n) is 4.65. The lowest BCUT2D eigenvalue weighted by atomic mass is 9.91. The van der Waals surface area contributed by atoms with Crippen LogP contribution in [-0.4, -0.2) is 9.81 Å². The van der Waals surface area contributed by atoms with Crippen LogP contribution in [0.15, 0.2) is 24.5 Å². The molecule has 0 radical (unpaired) electrons. The normalized spacial score (nSPS) is 27.9. The highest BCUT2D eigenvalue weighted by atomic mass is 79.9. The molecule has 1 heterocycles. The van der Waals surface area contributed by atoms with Gasteiger partial charge in [0, 0.05) is 17.2 Å². The van der Waals surface area contributed by atoms with Crippen LogP contribution in [0, 0.1) is 11.8 Å². The summed E-state index contributed by atoms with van der Waals surface area (Å²) in [7, 11) is 0. The van der Waals surface area contributed by atoms with Gasteiger partial charge in [0.05, 0.1) is 0 Å². The number of halogens is 1. The van der Waals surface area contributed by atoms with Crippen molar-refractivity contribution >= 4 is 15.9 Å². The van der Waals surface area contributed by atoms with Crippen molar-refractivity contribution in [3.8, 4) is 0 Å². The lowest BCUT2D eigenvalue weighted by molar-refractivity contribution is 0.407. The molecule has 0 saturated heterocycles. The number of aromatic nitrogens is 1. The fourth-order valence-electron chi connectivity index (χ4n) is 2.61. The first kappa shape index (κ1) is 11.1. The lowest BCUT2D eigenvalue weighted by Gasteiger charge is -2.21. The summed E-state index contributed by atoms with van der Waals surface area (Å²) in [4.78, 5) is 4.69. The molecule has 0 aliphatic heterocycles. The van der Waals surface area contributed by atoms with Crippen LogP contribution in [0.3, 0.4) is 0 Å². The highest BCUT2D eigenvalue weighted by molar-refractivity contribution is 9.09. The molecule has 15 heavy (non-hydrogen) atoms. The Bertz CT molecular complexity index is 299. The Hall–Kier alpha value is -0.370. The van der Waals surface area contributed by atoms with Crippen molar-refractivity contribution in [3.63, 3.8) is 0 Å². The molecular formula is C13H18BrN. The summed E-state index contributed by atoms with van der Waals surface area (Å²) < 4.78 is 0. The predicted octanol–water partition coefficient (Wildman–Crippen LogP) is 3.82. The third-order valence-corrected chi connectivity index (χ3v) is 4.58. The summed E-state index contributed by atoms with van der Waals surface area (Å²) in [5.41, 5.74) is 1.39. The van der Waals surface area contributed by atoms with Crippen LogP contribution in [0.5, 0.6) is 0 Å². The number of nitrogens with zero attached hydrogens (tertiary/aromatic N) is 1. The molecular weight excluding hydrogens is 250 g/mol. The zero-order valence-corrected chi connectivity index (χ0v) is 10.8. The molecule has 1 saturated carbocycles. The van der Waals surface area contributed by atoms with E-state index in [1.165, 1.54) is 24.8 Å². The Balaban J connectivity index is 1.94. The first-order valence-electron chi connectivity index (χ1n) is 5.80. The number of pyridine rings is 1. The van der Waals surface area contributed by atoms with E-state index in [4.69, 9.17) is 0 Å². The van der Waals surface area contributed by atoms with Crippen molar-refractivity contribution in [2.45, 2.75) is 37.4 Å². The van der Waals surface area contributed by atoms with Crippen LogP contribution in [0.4, 0.5) is 0 Å². The van der Waals surface area contributed by atoms with Gasteiger partial charge in [-0.15, -0.1) is 0 Å². The molecule has 0 amide bonds. The fourth-order valence-corrected chi connectivity index (χ4v) is 3.77. The summed E-state index contributed by atoms with van der Waals surface area (Å²) in [5.74, 6) is 1.74. The lowest BCUT2D eigenvalue weighted by Crippen LogP contribution is -2.19. The summed E-state index contributed by atoms with van der Waals surface area (Å²) in [6, 6.07) is 4.24. The Morgan fingerprint density at radius 3 is 2.73 bits per heavy atom. The van der Waals surface area contributed by atoms with Crippen molar-refractivity contribution in [3.05, 3.63) is 30.1 Å². The molecule has 3 unspecified atom stereocenters. The standard InChI is InChI=1S/C13H18BrN/c1-10-3-2-4-12(10)13(14)9-11-5-7-15-8-6-11/h5-8,10,12-13H,2-4,9H2,1H3. The van der Waals surface area contributed by atoms with Gasteiger partial charge in [-0.3, -0.25) is 4.98 Å². The van der Waals surface area contributed by atoms with Crippen LogP contribution < -0.4 is 0 Å². The third-order valence-electron chi connectivity index (χ3n) is 3.57. The van der Waals surface area contributed by atoms with E-state index in [0.29, 0.717) is 4.83 Å². The van der Waals surface area contributed by atoms with Crippen molar-refractivity contribution < 1.29 is 0 Å². The van der Waals surface area contributed by atoms with Gasteiger partial charge in [-0.2, -0.15) is 0 Å². The van der Waals surface area contributed by atoms with Gasteiger partial charge in [0.25, 0.3) is 0 Å². The van der Waals surface area contributed by atoms with Crippen LogP contribution >= 0.6 is 15.9 Å². The number of hydrogen-bond donors (Lipinski definition) is 0. The Kier molecular flexibility index (Phi) is 3.79. The molecule has 1 aliphatic carbocycles. The number of rotatable bonds is 3. The third kappa shape index (κ3) is 2.81. The summed E-state index contributed by atoms with van der Waals surface area (Å²) in [6.45, 7) is 2.39. The maximum atomic E-state index is 4.05. The quantitative estimate of drug-likeness (QED) is 0.759. The predicted molar refractivity (Wildman–Crippen MR) is 67.2 cm³/mol. The van der Waals surface area contributed by atoms with Crippen molar-refractivity contribution in [2.75, 3.05) is 0 Å². The van der Waals surface area contributed by atoms with Gasteiger partial charge in [0.1, 0.15) is 0 Å². The smallest absolute Gasteiger partial charge is 0.0270 e. The molecule has 2 heteroatoms. The van der Waals surface area contributed by atoms with E-state index in [9.17, 15) is 0 Å². The largest absolute Gasteiger partial charge is 0.265 e. The van der Waals surface area contributed by atoms with Gasteiger partial charge in [0.15, 0.2) is 0 Å². The van der Waals surface area contributed by atoms with E-state index < -0.39 is 0 Å². The maximum absolute atomic E-state index is 4.05. The van der Waals surface area contributed by atoms with Gasteiger partial charge in [-0.05, 0) is 42.4 Å². The molecule has 0 bridgehead atoms. The first-order valence-corrected chi connectivity index (χ1v) is 6.72. The zero-order chi connectivity index (χ0) is 10.7. The summed E-state index contributed by atoms with van der Waals surface area (Å²) in [5, 5.41) is 0. The number of alkyl halides is 1. The van der Waals surface area contributed by atoms with Gasteiger partial charge < -0.3 is 0 Å². The second kappa shape index (κ2) is 5.11. The average molecular weight is 268 g/mol. The van der Waals surface area contributed by atoms with Crippen LogP contribution in [-0.2, 0) is 6.42 Å². The molecule has 0 N–H and O–H groups in total. The van der Waals surface area contributed by atoms with Crippen LogP contribution in [0.2, 0.25) is 0 Å². The van der Waals surface area contributed by atoms with Crippen molar-refractivity contribution in [2.24, 2.45) is 11.8 Å². The van der Waals surface area contributed by atoms with Crippen molar-refractivity contribution in [1.29, 1.82) is 0 Å². The van der Waals surface area contributed by atoms with Gasteiger partial charge >= 0.3 is 0 Å². The first-order chi connectivity index (χ1) is 7.27. The van der Waals surface area contributed by atoms with Gasteiger partial charge in [-0.25, -0.2) is 0 Å². The molecule has 0 spiro atoms. The Labute approximate surface area is 100 Å². The van der Waals surface area contributed by atoms with Gasteiger partial charge in [-0.1, -0.05) is 35.7 Å². The summed E-state index contributed by atoms with van der Waals surface area (Å²) >= 11 is 3.86. The molecule has 1 fully saturated rings. The zero-order valence-electron chi connectivity index (χ0n) is 9.20. The minimum atomic E-state index is 0.636. The minimum absolute atomic E-state index is 0.636. The molecule has 1 aromatic rings. The maximum Gasteiger partial charge on any atom is 0.0270 e. The highest BCUT2D eigenvalue weighted by Crippen LogP contribution is 2.37. The Morgan fingerprint density at radius 2 is 2.13 bits per heavy atom. The second-order valence-corrected chi connectivity index (χ2v) is 5.82. The average Bonchev–Trinajstić information content (AvgIpc) is 2.66. The topological polar surface area (TPSA) is 12.9 Å². The van der Waals surface area contributed by atoms with E-state index in [-0.39, 0.29) is 0 Å². The molecule has 1 aliphatic rings. The highest BCUT2D eigenvalue weighted by Gasteiger charge is 2.29. The monoisotopic (exact) mass is 267 g/mol. The minimum Gasteiger partial charge on any atom is -0.265 e. The van der Waals surface area contributed by atoms with Crippen LogP contribution in [0.1, 0.15) is 31.7 Å². The Morgan fingerprint density at radius 1 is 1.40 bits per heavy atom. The molecule has 3 atom stereocenters. The summed E-state index contributed by atoms with van der Waals surface area (Å²) in [6.07, 6.45) is 9.10. The van der Waals surface area contributed by atoms with Crippen LogP contribution in [0.25, 0.3) is 0 Å².